The number of piperidine rings is 1. The lowest BCUT2D eigenvalue weighted by Gasteiger charge is -2.39. The Morgan fingerprint density at radius 2 is 2.00 bits per heavy atom. The van der Waals surface area contributed by atoms with Gasteiger partial charge in [0.25, 0.3) is 0 Å². The Bertz CT molecular complexity index is 306. The van der Waals surface area contributed by atoms with Crippen molar-refractivity contribution < 1.29 is 0 Å². The minimum Gasteiger partial charge on any atom is -0.296 e. The number of rotatable bonds is 3. The highest BCUT2D eigenvalue weighted by Gasteiger charge is 2.26. The van der Waals surface area contributed by atoms with Crippen molar-refractivity contribution in [2.75, 3.05) is 6.54 Å². The van der Waals surface area contributed by atoms with Crippen LogP contribution >= 0.6 is 0 Å². The Hall–Kier alpha value is -0.820. The van der Waals surface area contributed by atoms with Crippen LogP contribution < -0.4 is 0 Å². The molecule has 1 fully saturated rings. The molecule has 0 N–H and O–H groups in total. The SMILES string of the molecule is CC[C@@H]1CCCN(Cc2ccccc2)[C@@H]1C. The molecule has 1 nitrogen and oxygen atoms in total. The Labute approximate surface area is 99.5 Å². The van der Waals surface area contributed by atoms with E-state index in [1.807, 2.05) is 0 Å². The summed E-state index contributed by atoms with van der Waals surface area (Å²) < 4.78 is 0. The zero-order valence-corrected chi connectivity index (χ0v) is 10.5. The summed E-state index contributed by atoms with van der Waals surface area (Å²) in [5, 5.41) is 0. The maximum atomic E-state index is 2.65. The highest BCUT2D eigenvalue weighted by atomic mass is 15.2. The molecule has 0 aromatic heterocycles. The number of nitrogens with zero attached hydrogens (tertiary/aromatic N) is 1. The standard InChI is InChI=1S/C15H23N/c1-3-15-10-7-11-16(13(15)2)12-14-8-5-4-6-9-14/h4-6,8-9,13,15H,3,7,10-12H2,1-2H3/t13-,15-/m1/s1. The van der Waals surface area contributed by atoms with Gasteiger partial charge in [0.2, 0.25) is 0 Å². The first-order valence-corrected chi connectivity index (χ1v) is 6.59. The van der Waals surface area contributed by atoms with Crippen LogP contribution in [0, 0.1) is 5.92 Å². The van der Waals surface area contributed by atoms with Gasteiger partial charge in [-0.05, 0) is 37.8 Å². The van der Waals surface area contributed by atoms with E-state index in [1.54, 1.807) is 0 Å². The Kier molecular flexibility index (Phi) is 4.00. The van der Waals surface area contributed by atoms with Gasteiger partial charge in [-0.1, -0.05) is 43.7 Å². The second kappa shape index (κ2) is 5.49. The van der Waals surface area contributed by atoms with Crippen molar-refractivity contribution in [3.05, 3.63) is 35.9 Å². The molecule has 16 heavy (non-hydrogen) atoms. The van der Waals surface area contributed by atoms with E-state index >= 15 is 0 Å². The van der Waals surface area contributed by atoms with Gasteiger partial charge in [0.15, 0.2) is 0 Å². The first-order chi connectivity index (χ1) is 7.81. The van der Waals surface area contributed by atoms with Crippen molar-refractivity contribution in [2.45, 2.75) is 45.7 Å². The fourth-order valence-corrected chi connectivity index (χ4v) is 2.89. The molecule has 88 valence electrons. The van der Waals surface area contributed by atoms with Crippen LogP contribution in [-0.2, 0) is 6.54 Å². The molecule has 0 bridgehead atoms. The van der Waals surface area contributed by atoms with E-state index in [-0.39, 0.29) is 0 Å². The highest BCUT2D eigenvalue weighted by Crippen LogP contribution is 2.27. The van der Waals surface area contributed by atoms with Crippen LogP contribution in [0.2, 0.25) is 0 Å². The van der Waals surface area contributed by atoms with Gasteiger partial charge in [0, 0.05) is 12.6 Å². The first-order valence-electron chi connectivity index (χ1n) is 6.59. The summed E-state index contributed by atoms with van der Waals surface area (Å²) >= 11 is 0. The molecule has 2 rings (SSSR count). The summed E-state index contributed by atoms with van der Waals surface area (Å²) in [7, 11) is 0. The van der Waals surface area contributed by atoms with Crippen LogP contribution in [0.1, 0.15) is 38.7 Å². The number of likely N-dealkylation sites (tertiary alicyclic amines) is 1. The minimum atomic E-state index is 0.749. The second-order valence-corrected chi connectivity index (χ2v) is 5.01. The van der Waals surface area contributed by atoms with E-state index < -0.39 is 0 Å². The molecule has 0 radical (unpaired) electrons. The molecule has 2 atom stereocenters. The van der Waals surface area contributed by atoms with Crippen LogP contribution in [0.3, 0.4) is 0 Å². The largest absolute Gasteiger partial charge is 0.296 e. The van der Waals surface area contributed by atoms with E-state index in [1.165, 1.54) is 31.4 Å². The van der Waals surface area contributed by atoms with E-state index in [2.05, 4.69) is 49.1 Å². The molecular formula is C15H23N. The average Bonchev–Trinajstić information content (AvgIpc) is 2.33. The van der Waals surface area contributed by atoms with Crippen molar-refractivity contribution in [1.82, 2.24) is 4.90 Å². The zero-order valence-electron chi connectivity index (χ0n) is 10.5. The van der Waals surface area contributed by atoms with Gasteiger partial charge >= 0.3 is 0 Å². The maximum Gasteiger partial charge on any atom is 0.0236 e. The van der Waals surface area contributed by atoms with Crippen molar-refractivity contribution in [1.29, 1.82) is 0 Å². The quantitative estimate of drug-likeness (QED) is 0.746. The molecule has 1 aliphatic rings. The topological polar surface area (TPSA) is 3.24 Å². The Morgan fingerprint density at radius 3 is 2.69 bits per heavy atom. The van der Waals surface area contributed by atoms with E-state index in [9.17, 15) is 0 Å². The molecule has 0 spiro atoms. The normalized spacial score (nSPS) is 26.9. The molecule has 0 amide bonds. The van der Waals surface area contributed by atoms with Gasteiger partial charge in [0.05, 0.1) is 0 Å². The van der Waals surface area contributed by atoms with Crippen LogP contribution in [-0.4, -0.2) is 17.5 Å². The van der Waals surface area contributed by atoms with Gasteiger partial charge in [0.1, 0.15) is 0 Å². The molecular weight excluding hydrogens is 194 g/mol. The number of hydrogen-bond acceptors (Lipinski definition) is 1. The van der Waals surface area contributed by atoms with Gasteiger partial charge in [-0.3, -0.25) is 4.90 Å². The lowest BCUT2D eigenvalue weighted by atomic mass is 9.88. The smallest absolute Gasteiger partial charge is 0.0236 e. The predicted octanol–water partition coefficient (Wildman–Crippen LogP) is 3.70. The van der Waals surface area contributed by atoms with Crippen molar-refractivity contribution in [2.24, 2.45) is 5.92 Å². The third-order valence-electron chi connectivity index (χ3n) is 4.03. The third-order valence-corrected chi connectivity index (χ3v) is 4.03. The summed E-state index contributed by atoms with van der Waals surface area (Å²) in [6.07, 6.45) is 4.12. The minimum absolute atomic E-state index is 0.749. The lowest BCUT2D eigenvalue weighted by molar-refractivity contribution is 0.0954. The zero-order chi connectivity index (χ0) is 11.4. The van der Waals surface area contributed by atoms with Gasteiger partial charge in [-0.25, -0.2) is 0 Å². The van der Waals surface area contributed by atoms with Crippen LogP contribution in [0.15, 0.2) is 30.3 Å². The van der Waals surface area contributed by atoms with Gasteiger partial charge in [-0.15, -0.1) is 0 Å². The fourth-order valence-electron chi connectivity index (χ4n) is 2.89. The van der Waals surface area contributed by atoms with Gasteiger partial charge < -0.3 is 0 Å². The summed E-state index contributed by atoms with van der Waals surface area (Å²) in [6, 6.07) is 11.6. The molecule has 0 saturated carbocycles. The third kappa shape index (κ3) is 2.65. The van der Waals surface area contributed by atoms with E-state index in [0.717, 1.165) is 18.5 Å². The van der Waals surface area contributed by atoms with Crippen molar-refractivity contribution >= 4 is 0 Å². The van der Waals surface area contributed by atoms with Crippen LogP contribution in [0.25, 0.3) is 0 Å². The molecule has 1 heteroatoms. The Balaban J connectivity index is 1.99. The lowest BCUT2D eigenvalue weighted by Crippen LogP contribution is -2.42. The number of hydrogen-bond donors (Lipinski definition) is 0. The summed E-state index contributed by atoms with van der Waals surface area (Å²) in [5.74, 6) is 0.900. The van der Waals surface area contributed by atoms with Gasteiger partial charge in [-0.2, -0.15) is 0 Å². The molecule has 0 aliphatic carbocycles. The monoisotopic (exact) mass is 217 g/mol. The summed E-state index contributed by atoms with van der Waals surface area (Å²) in [6.45, 7) is 7.12. The van der Waals surface area contributed by atoms with Crippen molar-refractivity contribution in [3.63, 3.8) is 0 Å². The maximum absolute atomic E-state index is 2.65. The van der Waals surface area contributed by atoms with E-state index in [4.69, 9.17) is 0 Å². The van der Waals surface area contributed by atoms with Crippen LogP contribution in [0.4, 0.5) is 0 Å². The van der Waals surface area contributed by atoms with Crippen LogP contribution in [0.5, 0.6) is 0 Å². The molecule has 1 aromatic carbocycles. The molecule has 1 aromatic rings. The fraction of sp³-hybridized carbons (Fsp3) is 0.600. The van der Waals surface area contributed by atoms with Crippen molar-refractivity contribution in [3.8, 4) is 0 Å². The molecule has 1 aliphatic heterocycles. The predicted molar refractivity (Wildman–Crippen MR) is 69.3 cm³/mol. The average molecular weight is 217 g/mol. The Morgan fingerprint density at radius 1 is 1.25 bits per heavy atom. The summed E-state index contributed by atoms with van der Waals surface area (Å²) in [4.78, 5) is 2.65. The first kappa shape index (κ1) is 11.7. The highest BCUT2D eigenvalue weighted by molar-refractivity contribution is 5.14. The van der Waals surface area contributed by atoms with E-state index in [0.29, 0.717) is 0 Å². The molecule has 1 heterocycles. The second-order valence-electron chi connectivity index (χ2n) is 5.01. The number of benzene rings is 1. The molecule has 0 unspecified atom stereocenters. The summed E-state index contributed by atoms with van der Waals surface area (Å²) in [5.41, 5.74) is 1.45. The molecule has 1 saturated heterocycles.